The van der Waals surface area contributed by atoms with Crippen molar-refractivity contribution in [3.63, 3.8) is 0 Å². The number of amides is 1. The highest BCUT2D eigenvalue weighted by Gasteiger charge is 2.25. The number of hydrogen-bond donors (Lipinski definition) is 2. The molecule has 200 valence electrons. The zero-order valence-electron chi connectivity index (χ0n) is 22.1. The smallest absolute Gasteiger partial charge is 0.257 e. The normalized spacial score (nSPS) is 11.0. The molecule has 39 heavy (non-hydrogen) atoms. The summed E-state index contributed by atoms with van der Waals surface area (Å²) in [6, 6.07) is 18.7. The number of hydrogen-bond acceptors (Lipinski definition) is 8. The number of rotatable bonds is 9. The lowest BCUT2D eigenvalue weighted by Gasteiger charge is -2.15. The Kier molecular flexibility index (Phi) is 7.09. The lowest BCUT2D eigenvalue weighted by molar-refractivity contribution is 0.0953. The van der Waals surface area contributed by atoms with Crippen LogP contribution in [0.25, 0.3) is 22.2 Å². The maximum absolute atomic E-state index is 13.6. The molecule has 0 atom stereocenters. The van der Waals surface area contributed by atoms with Gasteiger partial charge in [-0.15, -0.1) is 0 Å². The second-order valence-electron chi connectivity index (χ2n) is 8.76. The second kappa shape index (κ2) is 10.8. The maximum Gasteiger partial charge on any atom is 0.257 e. The minimum Gasteiger partial charge on any atom is -0.496 e. The van der Waals surface area contributed by atoms with Crippen LogP contribution in [0.3, 0.4) is 0 Å². The van der Waals surface area contributed by atoms with Crippen LogP contribution in [0.1, 0.15) is 21.5 Å². The number of ether oxygens (including phenoxy) is 4. The van der Waals surface area contributed by atoms with Gasteiger partial charge in [0.2, 0.25) is 5.75 Å². The van der Waals surface area contributed by atoms with Gasteiger partial charge in [0, 0.05) is 12.1 Å². The van der Waals surface area contributed by atoms with Gasteiger partial charge >= 0.3 is 0 Å². The van der Waals surface area contributed by atoms with Crippen LogP contribution in [-0.4, -0.2) is 48.9 Å². The van der Waals surface area contributed by atoms with Crippen molar-refractivity contribution in [1.29, 1.82) is 0 Å². The molecule has 10 heteroatoms. The summed E-state index contributed by atoms with van der Waals surface area (Å²) in [7, 11) is 6.26. The van der Waals surface area contributed by atoms with E-state index in [9.17, 15) is 4.79 Å². The Morgan fingerprint density at radius 3 is 2.10 bits per heavy atom. The van der Waals surface area contributed by atoms with Crippen LogP contribution in [0.2, 0.25) is 0 Å². The quantitative estimate of drug-likeness (QED) is 0.293. The number of nitrogens with one attached hydrogen (secondary N) is 1. The van der Waals surface area contributed by atoms with Gasteiger partial charge in [0.05, 0.1) is 46.0 Å². The van der Waals surface area contributed by atoms with Crippen molar-refractivity contribution in [1.82, 2.24) is 19.9 Å². The van der Waals surface area contributed by atoms with Gasteiger partial charge in [-0.3, -0.25) is 4.79 Å². The lowest BCUT2D eigenvalue weighted by atomic mass is 10.1. The molecule has 0 fully saturated rings. The molecular weight excluding hydrogens is 498 g/mol. The summed E-state index contributed by atoms with van der Waals surface area (Å²) in [6.45, 7) is 0.536. The molecule has 0 unspecified atom stereocenters. The number of benzene rings is 3. The molecule has 5 rings (SSSR count). The van der Waals surface area contributed by atoms with Gasteiger partial charge in [-0.1, -0.05) is 30.3 Å². The van der Waals surface area contributed by atoms with Crippen LogP contribution in [-0.2, 0) is 13.1 Å². The van der Waals surface area contributed by atoms with Crippen LogP contribution in [0, 0.1) is 0 Å². The van der Waals surface area contributed by atoms with Crippen molar-refractivity contribution in [2.24, 2.45) is 0 Å². The minimum atomic E-state index is -0.364. The monoisotopic (exact) mass is 527 g/mol. The third-order valence-electron chi connectivity index (χ3n) is 6.52. The van der Waals surface area contributed by atoms with E-state index in [0.717, 1.165) is 11.1 Å². The number of nitrogens with two attached hydrogens (primary N) is 1. The average molecular weight is 528 g/mol. The van der Waals surface area contributed by atoms with Crippen molar-refractivity contribution in [2.75, 3.05) is 34.2 Å². The minimum absolute atomic E-state index is 0.242. The Morgan fingerprint density at radius 1 is 0.846 bits per heavy atom. The van der Waals surface area contributed by atoms with E-state index in [0.29, 0.717) is 45.2 Å². The molecule has 0 aliphatic carbocycles. The number of fused-ring (bicyclic) bond motifs is 2. The summed E-state index contributed by atoms with van der Waals surface area (Å²) in [4.78, 5) is 23.2. The number of para-hydroxylation sites is 3. The Bertz CT molecular complexity index is 1660. The molecule has 0 saturated carbocycles. The molecule has 3 N–H and O–H groups in total. The van der Waals surface area contributed by atoms with E-state index in [1.54, 1.807) is 33.0 Å². The Hall–Kier alpha value is -4.99. The molecule has 10 nitrogen and oxygen atoms in total. The fraction of sp³-hybridized carbons (Fsp3) is 0.207. The number of anilines is 1. The molecule has 0 saturated heterocycles. The van der Waals surface area contributed by atoms with E-state index in [-0.39, 0.29) is 30.4 Å². The highest BCUT2D eigenvalue weighted by atomic mass is 16.5. The fourth-order valence-electron chi connectivity index (χ4n) is 4.62. The average Bonchev–Trinajstić information content (AvgIpc) is 3.23. The molecular formula is C29H29N5O5. The van der Waals surface area contributed by atoms with Gasteiger partial charge in [0.15, 0.2) is 17.1 Å². The predicted molar refractivity (Wildman–Crippen MR) is 149 cm³/mol. The standard InChI is InChI=1S/C29H29N5O5/c1-36-21-12-8-5-9-18(21)15-31-29(35)24-25-28(33-20-11-7-6-10-19(20)32-25)34(27(24)30)16-17-13-22(37-2)26(39-4)23(14-17)38-3/h5-14H,15-16,30H2,1-4H3,(H,31,35). The molecule has 1 amide bonds. The lowest BCUT2D eigenvalue weighted by Crippen LogP contribution is -2.24. The van der Waals surface area contributed by atoms with Gasteiger partial charge in [0.1, 0.15) is 22.6 Å². The van der Waals surface area contributed by atoms with E-state index in [2.05, 4.69) is 5.32 Å². The number of nitrogen functional groups attached to an aromatic ring is 1. The van der Waals surface area contributed by atoms with Crippen LogP contribution >= 0.6 is 0 Å². The third-order valence-corrected chi connectivity index (χ3v) is 6.52. The largest absolute Gasteiger partial charge is 0.496 e. The molecule has 0 spiro atoms. The van der Waals surface area contributed by atoms with Crippen molar-refractivity contribution >= 4 is 33.9 Å². The molecule has 3 aromatic carbocycles. The van der Waals surface area contributed by atoms with Crippen LogP contribution in [0.4, 0.5) is 5.82 Å². The van der Waals surface area contributed by atoms with E-state index in [1.807, 2.05) is 60.7 Å². The zero-order valence-corrected chi connectivity index (χ0v) is 22.1. The van der Waals surface area contributed by atoms with E-state index >= 15 is 0 Å². The van der Waals surface area contributed by atoms with Crippen molar-refractivity contribution in [3.05, 3.63) is 77.4 Å². The van der Waals surface area contributed by atoms with E-state index < -0.39 is 0 Å². The zero-order chi connectivity index (χ0) is 27.5. The van der Waals surface area contributed by atoms with Crippen molar-refractivity contribution in [2.45, 2.75) is 13.1 Å². The molecule has 0 bridgehead atoms. The Labute approximate surface area is 225 Å². The number of carbonyl (C=O) groups excluding carboxylic acids is 1. The van der Waals surface area contributed by atoms with Crippen LogP contribution in [0.5, 0.6) is 23.0 Å². The van der Waals surface area contributed by atoms with Gasteiger partial charge in [-0.2, -0.15) is 0 Å². The SMILES string of the molecule is COc1ccccc1CNC(=O)c1c(N)n(Cc2cc(OC)c(OC)c(OC)c2)c2nc3ccccc3nc12. The predicted octanol–water partition coefficient (Wildman–Crippen LogP) is 4.18. The summed E-state index contributed by atoms with van der Waals surface area (Å²) in [5.41, 5.74) is 10.8. The first kappa shape index (κ1) is 25.7. The Balaban J connectivity index is 1.61. The van der Waals surface area contributed by atoms with Crippen LogP contribution in [0.15, 0.2) is 60.7 Å². The number of carbonyl (C=O) groups is 1. The third kappa shape index (κ3) is 4.72. The molecule has 2 aromatic heterocycles. The summed E-state index contributed by atoms with van der Waals surface area (Å²) in [5.74, 6) is 2.06. The van der Waals surface area contributed by atoms with Gasteiger partial charge in [-0.05, 0) is 35.9 Å². The first-order valence-electron chi connectivity index (χ1n) is 12.2. The topological polar surface area (TPSA) is 123 Å². The van der Waals surface area contributed by atoms with Crippen LogP contribution < -0.4 is 30.0 Å². The first-order chi connectivity index (χ1) is 19.0. The highest BCUT2D eigenvalue weighted by molar-refractivity contribution is 6.10. The Morgan fingerprint density at radius 2 is 1.46 bits per heavy atom. The molecule has 0 aliphatic rings. The second-order valence-corrected chi connectivity index (χ2v) is 8.76. The first-order valence-corrected chi connectivity index (χ1v) is 12.2. The summed E-state index contributed by atoms with van der Waals surface area (Å²) in [5, 5.41) is 2.96. The van der Waals surface area contributed by atoms with Gasteiger partial charge in [-0.25, -0.2) is 9.97 Å². The number of methoxy groups -OCH3 is 4. The fourth-order valence-corrected chi connectivity index (χ4v) is 4.62. The number of aromatic nitrogens is 3. The van der Waals surface area contributed by atoms with Gasteiger partial charge in [0.25, 0.3) is 5.91 Å². The molecule has 0 radical (unpaired) electrons. The summed E-state index contributed by atoms with van der Waals surface area (Å²) in [6.07, 6.45) is 0. The van der Waals surface area contributed by atoms with Gasteiger partial charge < -0.3 is 34.6 Å². The van der Waals surface area contributed by atoms with E-state index in [4.69, 9.17) is 34.6 Å². The van der Waals surface area contributed by atoms with Crippen molar-refractivity contribution < 1.29 is 23.7 Å². The maximum atomic E-state index is 13.6. The van der Waals surface area contributed by atoms with E-state index in [1.165, 1.54) is 0 Å². The highest BCUT2D eigenvalue weighted by Crippen LogP contribution is 2.39. The summed E-state index contributed by atoms with van der Waals surface area (Å²) >= 11 is 0. The molecule has 5 aromatic rings. The molecule has 0 aliphatic heterocycles. The molecule has 2 heterocycles. The summed E-state index contributed by atoms with van der Waals surface area (Å²) < 4.78 is 23.7. The number of nitrogens with zero attached hydrogens (tertiary/aromatic N) is 3. The van der Waals surface area contributed by atoms with Crippen molar-refractivity contribution in [3.8, 4) is 23.0 Å².